The average molecular weight is 276 g/mol. The van der Waals surface area contributed by atoms with E-state index in [1.54, 1.807) is 6.21 Å². The minimum absolute atomic E-state index is 0.0840. The van der Waals surface area contributed by atoms with Gasteiger partial charge in [0.25, 0.3) is 5.91 Å². The number of hydrogen-bond donors (Lipinski definition) is 1. The number of nitrogens with zero attached hydrogens (tertiary/aromatic N) is 3. The first-order valence-electron chi connectivity index (χ1n) is 5.92. The largest absolute Gasteiger partial charge is 0.378 e. The van der Waals surface area contributed by atoms with E-state index in [-0.39, 0.29) is 11.2 Å². The van der Waals surface area contributed by atoms with Crippen LogP contribution in [0.1, 0.15) is 12.5 Å². The zero-order chi connectivity index (χ0) is 13.8. The van der Waals surface area contributed by atoms with E-state index >= 15 is 0 Å². The number of hydrazone groups is 1. The Morgan fingerprint density at radius 3 is 2.63 bits per heavy atom. The van der Waals surface area contributed by atoms with Gasteiger partial charge in [-0.2, -0.15) is 0 Å². The number of amides is 1. The van der Waals surface area contributed by atoms with E-state index in [1.165, 1.54) is 11.8 Å². The summed E-state index contributed by atoms with van der Waals surface area (Å²) >= 11 is 1.35. The lowest BCUT2D eigenvalue weighted by molar-refractivity contribution is -0.120. The third kappa shape index (κ3) is 3.57. The van der Waals surface area contributed by atoms with Crippen LogP contribution in [0.5, 0.6) is 0 Å². The van der Waals surface area contributed by atoms with Gasteiger partial charge in [-0.15, -0.1) is 5.10 Å². The van der Waals surface area contributed by atoms with Crippen LogP contribution in [-0.2, 0) is 4.79 Å². The highest BCUT2D eigenvalue weighted by Gasteiger charge is 2.20. The van der Waals surface area contributed by atoms with E-state index in [0.717, 1.165) is 11.3 Å². The summed E-state index contributed by atoms with van der Waals surface area (Å²) in [5.41, 5.74) is 4.59. The normalized spacial score (nSPS) is 19.2. The summed E-state index contributed by atoms with van der Waals surface area (Å²) in [6.07, 6.45) is 1.75. The highest BCUT2D eigenvalue weighted by atomic mass is 32.2. The summed E-state index contributed by atoms with van der Waals surface area (Å²) in [5.74, 6) is -0.0840. The number of carbonyl (C=O) groups is 1. The highest BCUT2D eigenvalue weighted by Crippen LogP contribution is 2.17. The Morgan fingerprint density at radius 1 is 1.37 bits per heavy atom. The van der Waals surface area contributed by atoms with Gasteiger partial charge in [-0.3, -0.25) is 4.79 Å². The highest BCUT2D eigenvalue weighted by molar-refractivity contribution is 8.15. The molecule has 2 rings (SSSR count). The Morgan fingerprint density at radius 2 is 2.05 bits per heavy atom. The lowest BCUT2D eigenvalue weighted by atomic mass is 10.2. The van der Waals surface area contributed by atoms with Crippen LogP contribution in [0.4, 0.5) is 5.69 Å². The predicted molar refractivity (Wildman–Crippen MR) is 81.0 cm³/mol. The second kappa shape index (κ2) is 5.88. The van der Waals surface area contributed by atoms with Crippen LogP contribution in [0.25, 0.3) is 0 Å². The lowest BCUT2D eigenvalue weighted by Crippen LogP contribution is -2.32. The second-order valence-electron chi connectivity index (χ2n) is 4.37. The molecule has 1 N–H and O–H groups in total. The number of amidine groups is 1. The van der Waals surface area contributed by atoms with Crippen molar-refractivity contribution in [2.45, 2.75) is 12.2 Å². The Bertz CT molecular complexity index is 522. The van der Waals surface area contributed by atoms with E-state index in [0.29, 0.717) is 5.17 Å². The van der Waals surface area contributed by atoms with Crippen molar-refractivity contribution >= 4 is 34.7 Å². The number of benzene rings is 1. The molecule has 0 bridgehead atoms. The zero-order valence-electron chi connectivity index (χ0n) is 11.1. The smallest absolute Gasteiger partial charge is 0.253 e. The molecular formula is C13H16N4OS. The van der Waals surface area contributed by atoms with Crippen molar-refractivity contribution in [3.63, 3.8) is 0 Å². The van der Waals surface area contributed by atoms with Gasteiger partial charge in [0.2, 0.25) is 5.17 Å². The summed E-state index contributed by atoms with van der Waals surface area (Å²) in [5, 5.41) is 4.32. The van der Waals surface area contributed by atoms with Crippen LogP contribution >= 0.6 is 11.8 Å². The Hall–Kier alpha value is -1.82. The van der Waals surface area contributed by atoms with E-state index in [1.807, 2.05) is 50.2 Å². The molecule has 1 aliphatic heterocycles. The van der Waals surface area contributed by atoms with Gasteiger partial charge >= 0.3 is 0 Å². The van der Waals surface area contributed by atoms with Gasteiger partial charge in [-0.1, -0.05) is 23.9 Å². The molecule has 1 aliphatic rings. The SMILES string of the molecule is C[C@H]1SC(N=Cc2ccc(N(C)C)cc2)=NNC1=O. The van der Waals surface area contributed by atoms with Crippen molar-refractivity contribution < 1.29 is 4.79 Å². The van der Waals surface area contributed by atoms with Crippen LogP contribution in [-0.4, -0.2) is 36.6 Å². The van der Waals surface area contributed by atoms with Crippen molar-refractivity contribution in [3.05, 3.63) is 29.8 Å². The van der Waals surface area contributed by atoms with Gasteiger partial charge in [0.05, 0.1) is 5.25 Å². The quantitative estimate of drug-likeness (QED) is 0.836. The van der Waals surface area contributed by atoms with E-state index in [9.17, 15) is 4.79 Å². The number of anilines is 1. The fraction of sp³-hybridized carbons (Fsp3) is 0.308. The van der Waals surface area contributed by atoms with Crippen molar-refractivity contribution in [3.8, 4) is 0 Å². The topological polar surface area (TPSA) is 57.1 Å². The van der Waals surface area contributed by atoms with Gasteiger partial charge in [0, 0.05) is 26.0 Å². The molecule has 0 saturated carbocycles. The molecule has 0 fully saturated rings. The lowest BCUT2D eigenvalue weighted by Gasteiger charge is -2.14. The number of thioether (sulfide) groups is 1. The van der Waals surface area contributed by atoms with Crippen LogP contribution in [0.15, 0.2) is 34.4 Å². The molecule has 19 heavy (non-hydrogen) atoms. The maximum atomic E-state index is 11.2. The fourth-order valence-electron chi connectivity index (χ4n) is 1.48. The zero-order valence-corrected chi connectivity index (χ0v) is 11.9. The van der Waals surface area contributed by atoms with Crippen LogP contribution < -0.4 is 10.3 Å². The molecule has 5 nitrogen and oxygen atoms in total. The van der Waals surface area contributed by atoms with E-state index in [2.05, 4.69) is 15.5 Å². The summed E-state index contributed by atoms with van der Waals surface area (Å²) < 4.78 is 0. The first-order valence-corrected chi connectivity index (χ1v) is 6.80. The Kier molecular flexibility index (Phi) is 4.21. The summed E-state index contributed by atoms with van der Waals surface area (Å²) in [7, 11) is 4.00. The van der Waals surface area contributed by atoms with Gasteiger partial charge in [0.1, 0.15) is 0 Å². The van der Waals surface area contributed by atoms with Gasteiger partial charge in [0.15, 0.2) is 0 Å². The molecule has 1 heterocycles. The molecular weight excluding hydrogens is 260 g/mol. The minimum atomic E-state index is -0.152. The first-order chi connectivity index (χ1) is 9.06. The second-order valence-corrected chi connectivity index (χ2v) is 5.68. The Balaban J connectivity index is 2.04. The molecule has 0 spiro atoms. The molecule has 0 radical (unpaired) electrons. The van der Waals surface area contributed by atoms with Crippen LogP contribution in [0.2, 0.25) is 0 Å². The summed E-state index contributed by atoms with van der Waals surface area (Å²) in [6, 6.07) is 8.05. The number of nitrogens with one attached hydrogen (secondary N) is 1. The average Bonchev–Trinajstić information content (AvgIpc) is 2.40. The maximum Gasteiger partial charge on any atom is 0.253 e. The number of carbonyl (C=O) groups excluding carboxylic acids is 1. The van der Waals surface area contributed by atoms with Gasteiger partial charge in [-0.25, -0.2) is 10.4 Å². The van der Waals surface area contributed by atoms with E-state index < -0.39 is 0 Å². The third-order valence-corrected chi connectivity index (χ3v) is 3.62. The third-order valence-electron chi connectivity index (χ3n) is 2.65. The molecule has 0 saturated heterocycles. The summed E-state index contributed by atoms with van der Waals surface area (Å²) in [6.45, 7) is 1.83. The standard InChI is InChI=1S/C13H16N4OS/c1-9-12(18)15-16-13(19-9)14-8-10-4-6-11(7-5-10)17(2)3/h4-9H,1-3H3,(H,15,18)/t9-/m1/s1. The Labute approximate surface area is 116 Å². The summed E-state index contributed by atoms with van der Waals surface area (Å²) in [4.78, 5) is 17.5. The number of rotatable bonds is 2. The minimum Gasteiger partial charge on any atom is -0.378 e. The molecule has 1 amide bonds. The molecule has 1 aromatic carbocycles. The molecule has 0 aliphatic carbocycles. The van der Waals surface area contributed by atoms with Crippen molar-refractivity contribution in [1.82, 2.24) is 5.43 Å². The molecule has 6 heteroatoms. The molecule has 0 aromatic heterocycles. The van der Waals surface area contributed by atoms with Crippen molar-refractivity contribution in [1.29, 1.82) is 0 Å². The predicted octanol–water partition coefficient (Wildman–Crippen LogP) is 1.69. The van der Waals surface area contributed by atoms with Crippen molar-refractivity contribution in [2.75, 3.05) is 19.0 Å². The first kappa shape index (κ1) is 13.6. The monoisotopic (exact) mass is 276 g/mol. The fourth-order valence-corrected chi connectivity index (χ4v) is 2.17. The van der Waals surface area contributed by atoms with Crippen LogP contribution in [0.3, 0.4) is 0 Å². The molecule has 100 valence electrons. The van der Waals surface area contributed by atoms with Crippen LogP contribution in [0, 0.1) is 0 Å². The van der Waals surface area contributed by atoms with E-state index in [4.69, 9.17) is 0 Å². The maximum absolute atomic E-state index is 11.2. The van der Waals surface area contributed by atoms with Gasteiger partial charge < -0.3 is 4.90 Å². The molecule has 1 atom stereocenters. The number of hydrogen-bond acceptors (Lipinski definition) is 5. The molecule has 0 unspecified atom stereocenters. The molecule has 1 aromatic rings. The van der Waals surface area contributed by atoms with Gasteiger partial charge in [-0.05, 0) is 24.6 Å². The van der Waals surface area contributed by atoms with Crippen molar-refractivity contribution in [2.24, 2.45) is 10.1 Å². The number of aliphatic imine (C=N–C) groups is 1.